The van der Waals surface area contributed by atoms with E-state index in [1.807, 2.05) is 24.3 Å². The molecule has 0 spiro atoms. The number of ether oxygens (including phenoxy) is 1. The zero-order chi connectivity index (χ0) is 13.0. The maximum absolute atomic E-state index is 9.96. The van der Waals surface area contributed by atoms with Crippen molar-refractivity contribution in [2.24, 2.45) is 0 Å². The summed E-state index contributed by atoms with van der Waals surface area (Å²) >= 11 is 7.11. The summed E-state index contributed by atoms with van der Waals surface area (Å²) in [6, 6.07) is 7.84. The van der Waals surface area contributed by atoms with Gasteiger partial charge in [0.2, 0.25) is 0 Å². The smallest absolute Gasteiger partial charge is 0.123 e. The Kier molecular flexibility index (Phi) is 4.58. The molecule has 1 atom stereocenters. The number of rotatable bonds is 5. The Labute approximate surface area is 115 Å². The topological polar surface area (TPSA) is 42.4 Å². The van der Waals surface area contributed by atoms with Crippen LogP contribution in [0.2, 0.25) is 4.34 Å². The van der Waals surface area contributed by atoms with Crippen LogP contribution in [0.25, 0.3) is 0 Å². The number of halogens is 1. The first-order valence-corrected chi connectivity index (χ1v) is 6.80. The number of aromatic nitrogens is 1. The Morgan fingerprint density at radius 2 is 2.11 bits per heavy atom. The molecule has 0 fully saturated rings. The standard InChI is InChI=1S/C13H14ClNO2S/c1-17-10-5-2-9(3-6-10)4-7-11(16)13-15-8-12(14)18-13/h2-3,5-6,8,11,16H,4,7H2,1H3. The summed E-state index contributed by atoms with van der Waals surface area (Å²) in [5.74, 6) is 0.839. The van der Waals surface area contributed by atoms with Gasteiger partial charge in [-0.3, -0.25) is 0 Å². The minimum Gasteiger partial charge on any atom is -0.497 e. The highest BCUT2D eigenvalue weighted by Gasteiger charge is 2.11. The van der Waals surface area contributed by atoms with E-state index in [4.69, 9.17) is 16.3 Å². The Morgan fingerprint density at radius 3 is 2.67 bits per heavy atom. The van der Waals surface area contributed by atoms with Gasteiger partial charge in [-0.2, -0.15) is 0 Å². The number of hydrogen-bond acceptors (Lipinski definition) is 4. The zero-order valence-corrected chi connectivity index (χ0v) is 11.5. The van der Waals surface area contributed by atoms with E-state index >= 15 is 0 Å². The second kappa shape index (κ2) is 6.18. The third kappa shape index (κ3) is 3.45. The Bertz CT molecular complexity index is 498. The van der Waals surface area contributed by atoms with Gasteiger partial charge in [-0.1, -0.05) is 23.7 Å². The molecule has 0 aliphatic heterocycles. The number of hydrogen-bond donors (Lipinski definition) is 1. The average molecular weight is 284 g/mol. The van der Waals surface area contributed by atoms with Crippen LogP contribution in [0, 0.1) is 0 Å². The average Bonchev–Trinajstić information content (AvgIpc) is 2.83. The molecule has 0 amide bonds. The van der Waals surface area contributed by atoms with E-state index in [0.29, 0.717) is 15.8 Å². The van der Waals surface area contributed by atoms with Crippen molar-refractivity contribution in [2.75, 3.05) is 7.11 Å². The van der Waals surface area contributed by atoms with Crippen molar-refractivity contribution in [3.63, 3.8) is 0 Å². The number of aliphatic hydroxyl groups is 1. The molecule has 96 valence electrons. The highest BCUT2D eigenvalue weighted by atomic mass is 35.5. The lowest BCUT2D eigenvalue weighted by atomic mass is 10.1. The van der Waals surface area contributed by atoms with Gasteiger partial charge in [0.25, 0.3) is 0 Å². The lowest BCUT2D eigenvalue weighted by molar-refractivity contribution is 0.167. The molecular formula is C13H14ClNO2S. The third-order valence-electron chi connectivity index (χ3n) is 2.65. The molecule has 0 radical (unpaired) electrons. The van der Waals surface area contributed by atoms with Crippen molar-refractivity contribution in [1.29, 1.82) is 0 Å². The molecular weight excluding hydrogens is 270 g/mol. The number of benzene rings is 1. The molecule has 0 aliphatic rings. The second-order valence-corrected chi connectivity index (χ2v) is 5.60. The van der Waals surface area contributed by atoms with Crippen molar-refractivity contribution >= 4 is 22.9 Å². The monoisotopic (exact) mass is 283 g/mol. The van der Waals surface area contributed by atoms with Crippen LogP contribution in [-0.4, -0.2) is 17.2 Å². The van der Waals surface area contributed by atoms with Crippen molar-refractivity contribution in [3.05, 3.63) is 45.4 Å². The molecule has 0 saturated carbocycles. The minimum absolute atomic E-state index is 0.551. The summed E-state index contributed by atoms with van der Waals surface area (Å²) in [5.41, 5.74) is 1.16. The van der Waals surface area contributed by atoms with Gasteiger partial charge in [0.15, 0.2) is 0 Å². The fraction of sp³-hybridized carbons (Fsp3) is 0.308. The van der Waals surface area contributed by atoms with Crippen LogP contribution in [0.15, 0.2) is 30.5 Å². The third-order valence-corrected chi connectivity index (χ3v) is 3.86. The minimum atomic E-state index is -0.551. The van der Waals surface area contributed by atoms with E-state index in [2.05, 4.69) is 4.98 Å². The van der Waals surface area contributed by atoms with Gasteiger partial charge < -0.3 is 9.84 Å². The van der Waals surface area contributed by atoms with E-state index < -0.39 is 6.10 Å². The van der Waals surface area contributed by atoms with E-state index in [9.17, 15) is 5.11 Å². The molecule has 1 unspecified atom stereocenters. The summed E-state index contributed by atoms with van der Waals surface area (Å²) < 4.78 is 5.70. The fourth-order valence-corrected chi connectivity index (χ4v) is 2.59. The molecule has 0 saturated heterocycles. The van der Waals surface area contributed by atoms with E-state index in [-0.39, 0.29) is 0 Å². The summed E-state index contributed by atoms with van der Waals surface area (Å²) in [4.78, 5) is 4.07. The lowest BCUT2D eigenvalue weighted by Crippen LogP contribution is -1.99. The predicted molar refractivity (Wildman–Crippen MR) is 73.4 cm³/mol. The van der Waals surface area contributed by atoms with Gasteiger partial charge in [-0.05, 0) is 30.5 Å². The highest BCUT2D eigenvalue weighted by Crippen LogP contribution is 2.26. The van der Waals surface area contributed by atoms with Crippen LogP contribution in [0.3, 0.4) is 0 Å². The first kappa shape index (κ1) is 13.3. The summed E-state index contributed by atoms with van der Waals surface area (Å²) in [6.07, 6.45) is 2.45. The Morgan fingerprint density at radius 1 is 1.39 bits per heavy atom. The largest absolute Gasteiger partial charge is 0.497 e. The zero-order valence-electron chi connectivity index (χ0n) is 9.97. The number of thiazole rings is 1. The normalized spacial score (nSPS) is 12.4. The van der Waals surface area contributed by atoms with E-state index in [1.54, 1.807) is 13.3 Å². The molecule has 1 N–H and O–H groups in total. The fourth-order valence-electron chi connectivity index (χ4n) is 1.64. The van der Waals surface area contributed by atoms with Gasteiger partial charge in [0.05, 0.1) is 13.3 Å². The number of aliphatic hydroxyl groups excluding tert-OH is 1. The molecule has 1 aromatic heterocycles. The van der Waals surface area contributed by atoms with Crippen molar-refractivity contribution in [3.8, 4) is 5.75 Å². The van der Waals surface area contributed by atoms with Crippen LogP contribution < -0.4 is 4.74 Å². The highest BCUT2D eigenvalue weighted by molar-refractivity contribution is 7.15. The molecule has 18 heavy (non-hydrogen) atoms. The second-order valence-electron chi connectivity index (χ2n) is 3.91. The van der Waals surface area contributed by atoms with Gasteiger partial charge in [0.1, 0.15) is 21.2 Å². The Hall–Kier alpha value is -1.10. The first-order chi connectivity index (χ1) is 8.69. The van der Waals surface area contributed by atoms with Crippen LogP contribution in [0.4, 0.5) is 0 Å². The maximum atomic E-state index is 9.96. The molecule has 2 aromatic rings. The van der Waals surface area contributed by atoms with Crippen molar-refractivity contribution in [1.82, 2.24) is 4.98 Å². The molecule has 1 heterocycles. The quantitative estimate of drug-likeness (QED) is 0.914. The summed E-state index contributed by atoms with van der Waals surface area (Å²) in [6.45, 7) is 0. The summed E-state index contributed by atoms with van der Waals surface area (Å²) in [5, 5.41) is 10.6. The van der Waals surface area contributed by atoms with Gasteiger partial charge in [-0.15, -0.1) is 11.3 Å². The molecule has 3 nitrogen and oxygen atoms in total. The van der Waals surface area contributed by atoms with E-state index in [1.165, 1.54) is 11.3 Å². The van der Waals surface area contributed by atoms with Crippen LogP contribution >= 0.6 is 22.9 Å². The van der Waals surface area contributed by atoms with Crippen molar-refractivity contribution < 1.29 is 9.84 Å². The van der Waals surface area contributed by atoms with E-state index in [0.717, 1.165) is 17.7 Å². The summed E-state index contributed by atoms with van der Waals surface area (Å²) in [7, 11) is 1.64. The predicted octanol–water partition coefficient (Wildman–Crippen LogP) is 3.47. The first-order valence-electron chi connectivity index (χ1n) is 5.61. The maximum Gasteiger partial charge on any atom is 0.123 e. The van der Waals surface area contributed by atoms with Crippen molar-refractivity contribution in [2.45, 2.75) is 18.9 Å². The molecule has 0 bridgehead atoms. The van der Waals surface area contributed by atoms with Crippen LogP contribution in [0.1, 0.15) is 23.1 Å². The number of aryl methyl sites for hydroxylation is 1. The van der Waals surface area contributed by atoms with Crippen LogP contribution in [0.5, 0.6) is 5.75 Å². The molecule has 1 aromatic carbocycles. The number of methoxy groups -OCH3 is 1. The van der Waals surface area contributed by atoms with Gasteiger partial charge >= 0.3 is 0 Å². The Balaban J connectivity index is 1.90. The SMILES string of the molecule is COc1ccc(CCC(O)c2ncc(Cl)s2)cc1. The molecule has 2 rings (SSSR count). The molecule has 5 heteroatoms. The lowest BCUT2D eigenvalue weighted by Gasteiger charge is -2.07. The van der Waals surface area contributed by atoms with Crippen LogP contribution in [-0.2, 0) is 6.42 Å². The molecule has 0 aliphatic carbocycles. The number of nitrogens with zero attached hydrogens (tertiary/aromatic N) is 1. The van der Waals surface area contributed by atoms with Gasteiger partial charge in [-0.25, -0.2) is 4.98 Å². The van der Waals surface area contributed by atoms with Gasteiger partial charge in [0, 0.05) is 0 Å².